The third-order valence-electron chi connectivity index (χ3n) is 5.67. The second-order valence-electron chi connectivity index (χ2n) is 8.15. The minimum Gasteiger partial charge on any atom is -0.346 e. The average Bonchev–Trinajstić information content (AvgIpc) is 3.36. The van der Waals surface area contributed by atoms with Crippen molar-refractivity contribution in [3.63, 3.8) is 0 Å². The van der Waals surface area contributed by atoms with Gasteiger partial charge in [0.05, 0.1) is 23.3 Å². The number of carbonyl (C=O) groups excluding carboxylic acids is 1. The SMILES string of the molecule is C=NN/C=C(\C)c1cnc2c(Nc3cc(CC4CCCCN(C)C4=O)ns3)nc(C)cn12. The van der Waals surface area contributed by atoms with Crippen molar-refractivity contribution in [3.05, 3.63) is 41.7 Å². The molecule has 0 bridgehead atoms. The Morgan fingerprint density at radius 3 is 3.09 bits per heavy atom. The van der Waals surface area contributed by atoms with Gasteiger partial charge < -0.3 is 10.2 Å². The first-order valence-corrected chi connectivity index (χ1v) is 11.4. The summed E-state index contributed by atoms with van der Waals surface area (Å²) in [7, 11) is 1.89. The molecule has 3 aromatic heterocycles. The van der Waals surface area contributed by atoms with Crippen LogP contribution in [0.5, 0.6) is 0 Å². The quantitative estimate of drug-likeness (QED) is 0.420. The molecule has 1 aliphatic heterocycles. The molecule has 1 saturated heterocycles. The van der Waals surface area contributed by atoms with Gasteiger partial charge in [0, 0.05) is 45.0 Å². The number of anilines is 2. The predicted octanol–water partition coefficient (Wildman–Crippen LogP) is 3.60. The van der Waals surface area contributed by atoms with Gasteiger partial charge >= 0.3 is 0 Å². The molecule has 0 aromatic carbocycles. The van der Waals surface area contributed by atoms with Crippen LogP contribution in [0.25, 0.3) is 11.2 Å². The van der Waals surface area contributed by atoms with Crippen LogP contribution < -0.4 is 10.7 Å². The lowest BCUT2D eigenvalue weighted by molar-refractivity contribution is -0.133. The highest BCUT2D eigenvalue weighted by Gasteiger charge is 2.25. The molecule has 0 saturated carbocycles. The standard InChI is InChI=1S/C22H28N8OS/c1-14(11-25-23-3)18-12-24-21-20(26-15(2)13-30(18)21)27-19-10-17(28-32-19)9-16-7-5-6-8-29(4)22(16)31/h10-13,16,25H,3,5-9H2,1-2,4H3,(H,26,27)/b14-11+. The molecule has 32 heavy (non-hydrogen) atoms. The fourth-order valence-corrected chi connectivity index (χ4v) is 4.69. The molecule has 2 N–H and O–H groups in total. The normalized spacial score (nSPS) is 17.5. The number of fused-ring (bicyclic) bond motifs is 1. The Labute approximate surface area is 191 Å². The van der Waals surface area contributed by atoms with Gasteiger partial charge in [0.25, 0.3) is 0 Å². The van der Waals surface area contributed by atoms with Crippen LogP contribution in [-0.2, 0) is 11.2 Å². The molecule has 10 heteroatoms. The lowest BCUT2D eigenvalue weighted by Crippen LogP contribution is -2.32. The Morgan fingerprint density at radius 2 is 2.28 bits per heavy atom. The number of imidazole rings is 1. The molecule has 1 fully saturated rings. The highest BCUT2D eigenvalue weighted by atomic mass is 32.1. The summed E-state index contributed by atoms with van der Waals surface area (Å²) in [4.78, 5) is 23.7. The van der Waals surface area contributed by atoms with E-state index in [0.717, 1.165) is 59.1 Å². The van der Waals surface area contributed by atoms with Gasteiger partial charge in [0.2, 0.25) is 5.91 Å². The van der Waals surface area contributed by atoms with E-state index in [1.807, 2.05) is 48.7 Å². The van der Waals surface area contributed by atoms with Crippen LogP contribution in [0.1, 0.15) is 43.3 Å². The molecule has 9 nitrogen and oxygen atoms in total. The number of hydrazone groups is 1. The van der Waals surface area contributed by atoms with E-state index < -0.39 is 0 Å². The van der Waals surface area contributed by atoms with Crippen molar-refractivity contribution >= 4 is 46.2 Å². The fourth-order valence-electron chi connectivity index (χ4n) is 4.01. The van der Waals surface area contributed by atoms with Crippen LogP contribution in [-0.4, -0.2) is 49.9 Å². The second-order valence-corrected chi connectivity index (χ2v) is 8.95. The van der Waals surface area contributed by atoms with Crippen molar-refractivity contribution in [1.82, 2.24) is 29.1 Å². The highest BCUT2D eigenvalue weighted by Crippen LogP contribution is 2.28. The predicted molar refractivity (Wildman–Crippen MR) is 128 cm³/mol. The highest BCUT2D eigenvalue weighted by molar-refractivity contribution is 7.10. The minimum absolute atomic E-state index is 0.00420. The smallest absolute Gasteiger partial charge is 0.225 e. The zero-order valence-electron chi connectivity index (χ0n) is 18.6. The summed E-state index contributed by atoms with van der Waals surface area (Å²) >= 11 is 1.38. The molecule has 0 radical (unpaired) electrons. The summed E-state index contributed by atoms with van der Waals surface area (Å²) in [6, 6.07) is 2.01. The van der Waals surface area contributed by atoms with E-state index in [2.05, 4.69) is 36.9 Å². The molecular weight excluding hydrogens is 424 g/mol. The first kappa shape index (κ1) is 21.9. The molecule has 1 unspecified atom stereocenters. The Morgan fingerprint density at radius 1 is 1.44 bits per heavy atom. The number of hydrogen-bond acceptors (Lipinski definition) is 8. The van der Waals surface area contributed by atoms with Crippen molar-refractivity contribution in [2.24, 2.45) is 11.0 Å². The zero-order valence-corrected chi connectivity index (χ0v) is 19.4. The topological polar surface area (TPSA) is 99.8 Å². The van der Waals surface area contributed by atoms with Crippen LogP contribution in [0.4, 0.5) is 10.8 Å². The van der Waals surface area contributed by atoms with Crippen molar-refractivity contribution in [2.45, 2.75) is 39.5 Å². The van der Waals surface area contributed by atoms with E-state index in [-0.39, 0.29) is 11.8 Å². The number of carbonyl (C=O) groups is 1. The van der Waals surface area contributed by atoms with E-state index in [1.165, 1.54) is 11.5 Å². The second kappa shape index (κ2) is 9.47. The monoisotopic (exact) mass is 452 g/mol. The molecule has 168 valence electrons. The summed E-state index contributed by atoms with van der Waals surface area (Å²) in [5.74, 6) is 0.894. The zero-order chi connectivity index (χ0) is 22.7. The van der Waals surface area contributed by atoms with Crippen LogP contribution in [0, 0.1) is 12.8 Å². The number of amides is 1. The largest absolute Gasteiger partial charge is 0.346 e. The van der Waals surface area contributed by atoms with Gasteiger partial charge in [-0.2, -0.15) is 9.47 Å². The van der Waals surface area contributed by atoms with Gasteiger partial charge in [-0.05, 0) is 49.9 Å². The summed E-state index contributed by atoms with van der Waals surface area (Å²) < 4.78 is 6.59. The number of nitrogens with one attached hydrogen (secondary N) is 2. The van der Waals surface area contributed by atoms with E-state index in [1.54, 1.807) is 6.20 Å². The Kier molecular flexibility index (Phi) is 6.50. The van der Waals surface area contributed by atoms with E-state index in [9.17, 15) is 4.79 Å². The van der Waals surface area contributed by atoms with E-state index >= 15 is 0 Å². The fraction of sp³-hybridized carbons (Fsp3) is 0.409. The van der Waals surface area contributed by atoms with Gasteiger partial charge in [0.1, 0.15) is 5.00 Å². The van der Waals surface area contributed by atoms with Crippen LogP contribution in [0.3, 0.4) is 0 Å². The van der Waals surface area contributed by atoms with Gasteiger partial charge in [-0.25, -0.2) is 9.97 Å². The van der Waals surface area contributed by atoms with E-state index in [0.29, 0.717) is 12.2 Å². The van der Waals surface area contributed by atoms with Crippen molar-refractivity contribution in [1.29, 1.82) is 0 Å². The molecule has 1 atom stereocenters. The number of aryl methyl sites for hydroxylation is 1. The van der Waals surface area contributed by atoms with Crippen molar-refractivity contribution < 1.29 is 4.79 Å². The lowest BCUT2D eigenvalue weighted by Gasteiger charge is -2.18. The lowest BCUT2D eigenvalue weighted by atomic mass is 9.97. The Balaban J connectivity index is 1.55. The maximum atomic E-state index is 12.6. The van der Waals surface area contributed by atoms with Gasteiger partial charge in [-0.15, -0.1) is 0 Å². The number of hydrogen-bond donors (Lipinski definition) is 2. The first-order chi connectivity index (χ1) is 15.5. The summed E-state index contributed by atoms with van der Waals surface area (Å²) in [6.07, 6.45) is 9.27. The third-order valence-corrected chi connectivity index (χ3v) is 6.41. The number of aromatic nitrogens is 4. The Hall–Kier alpha value is -3.27. The van der Waals surface area contributed by atoms with Crippen LogP contribution in [0.15, 0.2) is 29.8 Å². The first-order valence-electron chi connectivity index (χ1n) is 10.7. The number of allylic oxidation sites excluding steroid dienone is 1. The number of nitrogens with zero attached hydrogens (tertiary/aromatic N) is 6. The maximum Gasteiger partial charge on any atom is 0.225 e. The molecule has 0 aliphatic carbocycles. The maximum absolute atomic E-state index is 12.6. The van der Waals surface area contributed by atoms with Crippen molar-refractivity contribution in [2.75, 3.05) is 18.9 Å². The number of likely N-dealkylation sites (tertiary alicyclic amines) is 1. The summed E-state index contributed by atoms with van der Waals surface area (Å²) in [5, 5.41) is 7.91. The molecule has 3 aromatic rings. The van der Waals surface area contributed by atoms with Gasteiger partial charge in [-0.3, -0.25) is 14.6 Å². The molecular formula is C22H28N8OS. The molecule has 1 aliphatic rings. The molecule has 4 rings (SSSR count). The van der Waals surface area contributed by atoms with Crippen LogP contribution >= 0.6 is 11.5 Å². The Bertz CT molecular complexity index is 1160. The van der Waals surface area contributed by atoms with E-state index in [4.69, 9.17) is 0 Å². The molecule has 1 amide bonds. The summed E-state index contributed by atoms with van der Waals surface area (Å²) in [5.41, 5.74) is 7.18. The van der Waals surface area contributed by atoms with Crippen molar-refractivity contribution in [3.8, 4) is 0 Å². The van der Waals surface area contributed by atoms with Crippen LogP contribution in [0.2, 0.25) is 0 Å². The third kappa shape index (κ3) is 4.64. The average molecular weight is 453 g/mol. The minimum atomic E-state index is 0.00420. The molecule has 4 heterocycles. The van der Waals surface area contributed by atoms with Gasteiger partial charge in [-0.1, -0.05) is 6.42 Å². The van der Waals surface area contributed by atoms with Gasteiger partial charge in [0.15, 0.2) is 11.5 Å². The number of rotatable bonds is 7. The summed E-state index contributed by atoms with van der Waals surface area (Å²) in [6.45, 7) is 8.20. The molecule has 0 spiro atoms.